The summed E-state index contributed by atoms with van der Waals surface area (Å²) < 4.78 is 0. The Hall–Kier alpha value is -3.67. The number of amides is 3. The lowest BCUT2D eigenvalue weighted by Crippen LogP contribution is -2.55. The van der Waals surface area contributed by atoms with E-state index in [0.29, 0.717) is 12.0 Å². The van der Waals surface area contributed by atoms with Crippen LogP contribution in [0.3, 0.4) is 0 Å². The number of nitrogens with zero attached hydrogens (tertiary/aromatic N) is 2. The van der Waals surface area contributed by atoms with E-state index in [1.165, 1.54) is 4.90 Å². The fraction of sp³-hybridized carbons (Fsp3) is 0.345. The molecule has 1 atom stereocenters. The third kappa shape index (κ3) is 5.06. The van der Waals surface area contributed by atoms with Crippen LogP contribution in [0.5, 0.6) is 0 Å². The number of carbonyl (C=O) groups is 3. The first-order valence-electron chi connectivity index (χ1n) is 12.1. The van der Waals surface area contributed by atoms with Crippen molar-refractivity contribution in [2.75, 3.05) is 11.4 Å². The second-order valence-electron chi connectivity index (χ2n) is 10.2. The van der Waals surface area contributed by atoms with Crippen LogP contribution in [0, 0.1) is 6.92 Å². The molecule has 6 heteroatoms. The van der Waals surface area contributed by atoms with Crippen molar-refractivity contribution in [1.29, 1.82) is 0 Å². The highest BCUT2D eigenvalue weighted by atomic mass is 16.2. The van der Waals surface area contributed by atoms with Gasteiger partial charge in [0.05, 0.1) is 5.69 Å². The van der Waals surface area contributed by atoms with E-state index >= 15 is 0 Å². The van der Waals surface area contributed by atoms with Crippen LogP contribution in [-0.2, 0) is 16.1 Å². The molecule has 3 aromatic carbocycles. The number of hydrogen-bond donors (Lipinski definition) is 1. The normalized spacial score (nSPS) is 13.7. The molecule has 6 nitrogen and oxygen atoms in total. The molecule has 1 aliphatic heterocycles. The van der Waals surface area contributed by atoms with Crippen LogP contribution in [0.2, 0.25) is 0 Å². The molecule has 1 unspecified atom stereocenters. The first kappa shape index (κ1) is 24.5. The van der Waals surface area contributed by atoms with Gasteiger partial charge in [-0.2, -0.15) is 0 Å². The maximum atomic E-state index is 13.8. The summed E-state index contributed by atoms with van der Waals surface area (Å²) in [5, 5.41) is 4.86. The molecule has 0 saturated heterocycles. The quantitative estimate of drug-likeness (QED) is 0.537. The molecule has 0 aromatic heterocycles. The Kier molecular flexibility index (Phi) is 6.66. The predicted octanol–water partition coefficient (Wildman–Crippen LogP) is 4.83. The molecule has 0 bridgehead atoms. The average Bonchev–Trinajstić information content (AvgIpc) is 3.06. The van der Waals surface area contributed by atoms with Crippen LogP contribution in [0.1, 0.15) is 55.6 Å². The summed E-state index contributed by atoms with van der Waals surface area (Å²) in [7, 11) is 0. The van der Waals surface area contributed by atoms with Crippen LogP contribution >= 0.6 is 0 Å². The molecule has 4 rings (SSSR count). The van der Waals surface area contributed by atoms with Crippen molar-refractivity contribution >= 4 is 34.2 Å². The second kappa shape index (κ2) is 9.53. The van der Waals surface area contributed by atoms with E-state index in [-0.39, 0.29) is 30.8 Å². The van der Waals surface area contributed by atoms with E-state index in [9.17, 15) is 14.4 Å². The molecule has 3 aromatic rings. The molecule has 182 valence electrons. The van der Waals surface area contributed by atoms with Gasteiger partial charge in [-0.25, -0.2) is 0 Å². The maximum absolute atomic E-state index is 13.8. The van der Waals surface area contributed by atoms with E-state index in [2.05, 4.69) is 5.32 Å². The van der Waals surface area contributed by atoms with Crippen molar-refractivity contribution in [2.24, 2.45) is 0 Å². The lowest BCUT2D eigenvalue weighted by atomic mass is 10.0. The van der Waals surface area contributed by atoms with E-state index in [0.717, 1.165) is 27.6 Å². The van der Waals surface area contributed by atoms with Gasteiger partial charge in [0.2, 0.25) is 11.8 Å². The molecule has 0 spiro atoms. The van der Waals surface area contributed by atoms with Crippen molar-refractivity contribution < 1.29 is 14.4 Å². The summed E-state index contributed by atoms with van der Waals surface area (Å²) in [5.74, 6) is -0.646. The van der Waals surface area contributed by atoms with Crippen LogP contribution < -0.4 is 10.2 Å². The summed E-state index contributed by atoms with van der Waals surface area (Å²) in [4.78, 5) is 43.5. The lowest BCUT2D eigenvalue weighted by molar-refractivity contribution is -0.141. The molecule has 0 aliphatic carbocycles. The van der Waals surface area contributed by atoms with Crippen molar-refractivity contribution in [3.63, 3.8) is 0 Å². The van der Waals surface area contributed by atoms with Gasteiger partial charge in [0.1, 0.15) is 12.6 Å². The van der Waals surface area contributed by atoms with Crippen molar-refractivity contribution in [2.45, 2.75) is 59.2 Å². The van der Waals surface area contributed by atoms with Crippen molar-refractivity contribution in [1.82, 2.24) is 10.2 Å². The summed E-state index contributed by atoms with van der Waals surface area (Å²) in [6.45, 7) is 9.83. The van der Waals surface area contributed by atoms with Gasteiger partial charge in [-0.05, 0) is 57.2 Å². The third-order valence-electron chi connectivity index (χ3n) is 6.26. The second-order valence-corrected chi connectivity index (χ2v) is 10.2. The van der Waals surface area contributed by atoms with Gasteiger partial charge in [-0.3, -0.25) is 19.3 Å². The highest BCUT2D eigenvalue weighted by molar-refractivity contribution is 6.26. The van der Waals surface area contributed by atoms with Gasteiger partial charge in [0, 0.05) is 23.0 Å². The van der Waals surface area contributed by atoms with E-state index in [1.807, 2.05) is 89.2 Å². The number of carbonyl (C=O) groups excluding carboxylic acids is 3. The number of aryl methyl sites for hydroxylation is 1. The minimum Gasteiger partial charge on any atom is -0.350 e. The van der Waals surface area contributed by atoms with Gasteiger partial charge in [0.25, 0.3) is 5.91 Å². The molecule has 0 fully saturated rings. The zero-order valence-electron chi connectivity index (χ0n) is 21.1. The number of benzene rings is 3. The number of anilines is 1. The minimum absolute atomic E-state index is 0.127. The van der Waals surface area contributed by atoms with E-state index in [4.69, 9.17) is 0 Å². The Labute approximate surface area is 206 Å². The lowest BCUT2D eigenvalue weighted by Gasteiger charge is -2.34. The van der Waals surface area contributed by atoms with E-state index < -0.39 is 11.6 Å². The largest absolute Gasteiger partial charge is 0.350 e. The van der Waals surface area contributed by atoms with Gasteiger partial charge < -0.3 is 10.2 Å². The maximum Gasteiger partial charge on any atom is 0.259 e. The van der Waals surface area contributed by atoms with Gasteiger partial charge in [0.15, 0.2) is 0 Å². The molecule has 1 heterocycles. The molecule has 0 saturated carbocycles. The topological polar surface area (TPSA) is 69.7 Å². The first-order valence-corrected chi connectivity index (χ1v) is 12.1. The Morgan fingerprint density at radius 2 is 1.71 bits per heavy atom. The minimum atomic E-state index is -0.655. The summed E-state index contributed by atoms with van der Waals surface area (Å²) in [5.41, 5.74) is 2.94. The van der Waals surface area contributed by atoms with Crippen LogP contribution in [0.25, 0.3) is 10.8 Å². The molecular weight excluding hydrogens is 438 g/mol. The zero-order valence-corrected chi connectivity index (χ0v) is 21.1. The molecular formula is C29H33N3O3. The van der Waals surface area contributed by atoms with Crippen molar-refractivity contribution in [3.8, 4) is 0 Å². The zero-order chi connectivity index (χ0) is 25.3. The predicted molar refractivity (Wildman–Crippen MR) is 139 cm³/mol. The number of nitrogens with one attached hydrogen (secondary N) is 1. The average molecular weight is 472 g/mol. The Morgan fingerprint density at radius 3 is 2.37 bits per heavy atom. The van der Waals surface area contributed by atoms with Crippen molar-refractivity contribution in [3.05, 3.63) is 77.4 Å². The van der Waals surface area contributed by atoms with Gasteiger partial charge >= 0.3 is 0 Å². The Bertz CT molecular complexity index is 1290. The van der Waals surface area contributed by atoms with Gasteiger partial charge in [-0.15, -0.1) is 0 Å². The third-order valence-corrected chi connectivity index (χ3v) is 6.26. The van der Waals surface area contributed by atoms with Crippen LogP contribution in [0.15, 0.2) is 60.7 Å². The molecule has 0 radical (unpaired) electrons. The Morgan fingerprint density at radius 1 is 1.03 bits per heavy atom. The van der Waals surface area contributed by atoms with E-state index in [1.54, 1.807) is 11.0 Å². The highest BCUT2D eigenvalue weighted by Gasteiger charge is 2.35. The molecule has 1 N–H and O–H groups in total. The SMILES string of the molecule is CCC(C(=O)NC(C)(C)C)N(Cc1cccc(C)c1)C(=O)CN1C(=O)c2cccc3cccc1c23. The molecule has 1 aliphatic rings. The summed E-state index contributed by atoms with van der Waals surface area (Å²) in [6.07, 6.45) is 0.462. The summed E-state index contributed by atoms with van der Waals surface area (Å²) >= 11 is 0. The highest BCUT2D eigenvalue weighted by Crippen LogP contribution is 2.37. The number of rotatable bonds is 7. The smallest absolute Gasteiger partial charge is 0.259 e. The number of hydrogen-bond acceptors (Lipinski definition) is 3. The van der Waals surface area contributed by atoms with Crippen LogP contribution in [-0.4, -0.2) is 40.7 Å². The standard InChI is InChI=1S/C29H33N3O3/c1-6-23(27(34)30-29(3,4)5)31(17-20-11-7-10-19(2)16-20)25(33)18-32-24-15-9-13-21-12-8-14-22(26(21)24)28(32)35/h7-16,23H,6,17-18H2,1-5H3,(H,30,34). The summed E-state index contributed by atoms with van der Waals surface area (Å²) in [6, 6.07) is 18.6. The van der Waals surface area contributed by atoms with Crippen LogP contribution in [0.4, 0.5) is 5.69 Å². The van der Waals surface area contributed by atoms with Gasteiger partial charge in [-0.1, -0.05) is 61.0 Å². The fourth-order valence-electron chi connectivity index (χ4n) is 4.74. The molecule has 3 amide bonds. The monoisotopic (exact) mass is 471 g/mol. The molecule has 35 heavy (non-hydrogen) atoms. The Balaban J connectivity index is 1.66. The fourth-order valence-corrected chi connectivity index (χ4v) is 4.74. The first-order chi connectivity index (χ1) is 16.6.